The molecule has 1 fully saturated rings. The molecule has 1 aliphatic carbocycles. The molecule has 114 valence electrons. The van der Waals surface area contributed by atoms with Gasteiger partial charge in [0.15, 0.2) is 0 Å². The number of ether oxygens (including phenoxy) is 1. The summed E-state index contributed by atoms with van der Waals surface area (Å²) in [5.74, 6) is 1.38. The third-order valence-electron chi connectivity index (χ3n) is 4.01. The number of nitrogens with one attached hydrogen (secondary N) is 1. The molecule has 1 saturated carbocycles. The Bertz CT molecular complexity index is 726. The number of amides is 2. The molecule has 2 aliphatic rings. The molecular weight excluding hydrogens is 300 g/mol. The SMILES string of the molecule is COc1ccc2c(c1)CCN2C(=O)Nc1nnc(C2CC2)s1. The molecule has 1 aliphatic heterocycles. The molecule has 0 bridgehead atoms. The monoisotopic (exact) mass is 316 g/mol. The molecule has 0 spiro atoms. The first kappa shape index (κ1) is 13.5. The molecule has 2 aromatic rings. The van der Waals surface area contributed by atoms with Gasteiger partial charge in [-0.05, 0) is 43.0 Å². The highest BCUT2D eigenvalue weighted by Gasteiger charge is 2.29. The Kier molecular flexibility index (Phi) is 3.22. The quantitative estimate of drug-likeness (QED) is 0.945. The first-order valence-corrected chi connectivity index (χ1v) is 8.15. The lowest BCUT2D eigenvalue weighted by Gasteiger charge is -2.17. The van der Waals surface area contributed by atoms with Crippen LogP contribution >= 0.6 is 11.3 Å². The lowest BCUT2D eigenvalue weighted by atomic mass is 10.1. The van der Waals surface area contributed by atoms with Crippen molar-refractivity contribution in [3.8, 4) is 5.75 Å². The van der Waals surface area contributed by atoms with Crippen LogP contribution in [0.25, 0.3) is 0 Å². The van der Waals surface area contributed by atoms with Crippen LogP contribution in [0, 0.1) is 0 Å². The predicted octanol–water partition coefficient (Wildman–Crippen LogP) is 3.02. The number of carbonyl (C=O) groups excluding carboxylic acids is 1. The maximum absolute atomic E-state index is 12.4. The van der Waals surface area contributed by atoms with Crippen molar-refractivity contribution in [1.29, 1.82) is 0 Å². The van der Waals surface area contributed by atoms with Gasteiger partial charge in [-0.25, -0.2) is 4.79 Å². The van der Waals surface area contributed by atoms with Crippen molar-refractivity contribution < 1.29 is 9.53 Å². The lowest BCUT2D eigenvalue weighted by molar-refractivity contribution is 0.257. The molecule has 0 radical (unpaired) electrons. The number of fused-ring (bicyclic) bond motifs is 1. The van der Waals surface area contributed by atoms with Crippen molar-refractivity contribution in [2.24, 2.45) is 0 Å². The van der Waals surface area contributed by atoms with Crippen LogP contribution in [0.4, 0.5) is 15.6 Å². The van der Waals surface area contributed by atoms with Gasteiger partial charge in [-0.15, -0.1) is 10.2 Å². The van der Waals surface area contributed by atoms with E-state index in [2.05, 4.69) is 15.5 Å². The second kappa shape index (κ2) is 5.24. The van der Waals surface area contributed by atoms with E-state index in [4.69, 9.17) is 4.74 Å². The summed E-state index contributed by atoms with van der Waals surface area (Å²) in [6, 6.07) is 5.64. The van der Waals surface area contributed by atoms with Gasteiger partial charge in [0.2, 0.25) is 5.13 Å². The fourth-order valence-electron chi connectivity index (χ4n) is 2.66. The Balaban J connectivity index is 1.49. The Labute approximate surface area is 132 Å². The van der Waals surface area contributed by atoms with E-state index in [0.29, 0.717) is 17.6 Å². The second-order valence-corrected chi connectivity index (χ2v) is 6.56. The summed E-state index contributed by atoms with van der Waals surface area (Å²) >= 11 is 1.48. The number of anilines is 2. The van der Waals surface area contributed by atoms with Gasteiger partial charge in [0, 0.05) is 18.2 Å². The average molecular weight is 316 g/mol. The molecule has 1 aromatic heterocycles. The molecule has 6 nitrogen and oxygen atoms in total. The number of hydrogen-bond donors (Lipinski definition) is 1. The molecule has 7 heteroatoms. The lowest BCUT2D eigenvalue weighted by Crippen LogP contribution is -2.33. The average Bonchev–Trinajstić information content (AvgIpc) is 3.13. The van der Waals surface area contributed by atoms with Crippen LogP contribution in [0.1, 0.15) is 29.3 Å². The zero-order valence-electron chi connectivity index (χ0n) is 12.2. The summed E-state index contributed by atoms with van der Waals surface area (Å²) in [7, 11) is 1.65. The number of aromatic nitrogens is 2. The Morgan fingerprint density at radius 2 is 2.27 bits per heavy atom. The van der Waals surface area contributed by atoms with Gasteiger partial charge in [0.1, 0.15) is 10.8 Å². The summed E-state index contributed by atoms with van der Waals surface area (Å²) < 4.78 is 5.23. The van der Waals surface area contributed by atoms with Gasteiger partial charge in [-0.2, -0.15) is 0 Å². The first-order valence-electron chi connectivity index (χ1n) is 7.33. The van der Waals surface area contributed by atoms with E-state index >= 15 is 0 Å². The van der Waals surface area contributed by atoms with Crippen molar-refractivity contribution in [1.82, 2.24) is 10.2 Å². The highest BCUT2D eigenvalue weighted by Crippen LogP contribution is 2.42. The zero-order chi connectivity index (χ0) is 15.1. The largest absolute Gasteiger partial charge is 0.497 e. The van der Waals surface area contributed by atoms with Crippen LogP contribution in [-0.4, -0.2) is 29.9 Å². The van der Waals surface area contributed by atoms with E-state index in [1.165, 1.54) is 24.2 Å². The molecule has 1 aromatic carbocycles. The van der Waals surface area contributed by atoms with Crippen LogP contribution in [0.15, 0.2) is 18.2 Å². The van der Waals surface area contributed by atoms with Crippen LogP contribution in [0.2, 0.25) is 0 Å². The van der Waals surface area contributed by atoms with E-state index in [-0.39, 0.29) is 6.03 Å². The Hall–Kier alpha value is -2.15. The zero-order valence-corrected chi connectivity index (χ0v) is 13.0. The fraction of sp³-hybridized carbons (Fsp3) is 0.400. The van der Waals surface area contributed by atoms with Gasteiger partial charge in [0.25, 0.3) is 0 Å². The van der Waals surface area contributed by atoms with E-state index in [1.807, 2.05) is 18.2 Å². The summed E-state index contributed by atoms with van der Waals surface area (Å²) in [6.45, 7) is 0.669. The minimum atomic E-state index is -0.151. The predicted molar refractivity (Wildman–Crippen MR) is 84.9 cm³/mol. The molecule has 2 heterocycles. The molecular formula is C15H16N4O2S. The molecule has 22 heavy (non-hydrogen) atoms. The van der Waals surface area contributed by atoms with Gasteiger partial charge >= 0.3 is 6.03 Å². The van der Waals surface area contributed by atoms with E-state index in [9.17, 15) is 4.79 Å². The van der Waals surface area contributed by atoms with Gasteiger partial charge in [-0.1, -0.05) is 11.3 Å². The molecule has 2 amide bonds. The summed E-state index contributed by atoms with van der Waals surface area (Å²) in [6.07, 6.45) is 3.21. The third kappa shape index (κ3) is 2.41. The molecule has 0 unspecified atom stereocenters. The van der Waals surface area contributed by atoms with Crippen molar-refractivity contribution in [3.63, 3.8) is 0 Å². The van der Waals surface area contributed by atoms with Crippen molar-refractivity contribution in [2.75, 3.05) is 23.9 Å². The number of rotatable bonds is 3. The first-order chi connectivity index (χ1) is 10.7. The standard InChI is InChI=1S/C15H16N4O2S/c1-21-11-4-5-12-10(8-11)6-7-19(12)15(20)16-14-18-17-13(22-14)9-2-3-9/h4-5,8-9H,2-3,6-7H2,1H3,(H,16,18,20). The number of nitrogens with zero attached hydrogens (tertiary/aromatic N) is 3. The fourth-order valence-corrected chi connectivity index (χ4v) is 3.56. The molecule has 4 rings (SSSR count). The van der Waals surface area contributed by atoms with Gasteiger partial charge in [-0.3, -0.25) is 10.2 Å². The van der Waals surface area contributed by atoms with Crippen molar-refractivity contribution in [2.45, 2.75) is 25.2 Å². The number of methoxy groups -OCH3 is 1. The highest BCUT2D eigenvalue weighted by molar-refractivity contribution is 7.15. The molecule has 0 saturated heterocycles. The van der Waals surface area contributed by atoms with Gasteiger partial charge in [0.05, 0.1) is 7.11 Å². The van der Waals surface area contributed by atoms with Gasteiger partial charge < -0.3 is 4.74 Å². The number of benzene rings is 1. The second-order valence-electron chi connectivity index (χ2n) is 5.55. The van der Waals surface area contributed by atoms with E-state index in [1.54, 1.807) is 12.0 Å². The molecule has 0 atom stereocenters. The normalized spacial score (nSPS) is 16.5. The van der Waals surface area contributed by atoms with Crippen molar-refractivity contribution in [3.05, 3.63) is 28.8 Å². The number of urea groups is 1. The summed E-state index contributed by atoms with van der Waals surface area (Å²) in [5.41, 5.74) is 2.07. The van der Waals surface area contributed by atoms with Crippen LogP contribution < -0.4 is 15.0 Å². The number of hydrogen-bond acceptors (Lipinski definition) is 5. The van der Waals surface area contributed by atoms with E-state index in [0.717, 1.165) is 28.4 Å². The minimum absolute atomic E-state index is 0.151. The summed E-state index contributed by atoms with van der Waals surface area (Å²) in [5, 5.41) is 12.7. The van der Waals surface area contributed by atoms with Crippen LogP contribution in [0.5, 0.6) is 5.75 Å². The van der Waals surface area contributed by atoms with Crippen molar-refractivity contribution >= 4 is 28.2 Å². The maximum Gasteiger partial charge on any atom is 0.328 e. The third-order valence-corrected chi connectivity index (χ3v) is 5.01. The Morgan fingerprint density at radius 3 is 3.05 bits per heavy atom. The minimum Gasteiger partial charge on any atom is -0.497 e. The Morgan fingerprint density at radius 1 is 1.41 bits per heavy atom. The maximum atomic E-state index is 12.4. The van der Waals surface area contributed by atoms with Crippen LogP contribution in [0.3, 0.4) is 0 Å². The molecule has 1 N–H and O–H groups in total. The topological polar surface area (TPSA) is 67.3 Å². The smallest absolute Gasteiger partial charge is 0.328 e. The van der Waals surface area contributed by atoms with E-state index < -0.39 is 0 Å². The van der Waals surface area contributed by atoms with Crippen LogP contribution in [-0.2, 0) is 6.42 Å². The highest BCUT2D eigenvalue weighted by atomic mass is 32.1. The summed E-state index contributed by atoms with van der Waals surface area (Å²) in [4.78, 5) is 14.2. The number of carbonyl (C=O) groups is 1.